The summed E-state index contributed by atoms with van der Waals surface area (Å²) in [4.78, 5) is 28.7. The van der Waals surface area contributed by atoms with E-state index >= 15 is 0 Å². The van der Waals surface area contributed by atoms with Crippen LogP contribution in [0.4, 0.5) is 11.5 Å². The van der Waals surface area contributed by atoms with Gasteiger partial charge in [-0.25, -0.2) is 4.98 Å². The predicted octanol–water partition coefficient (Wildman–Crippen LogP) is 2.66. The number of nitrogens with zero attached hydrogens (tertiary/aromatic N) is 3. The van der Waals surface area contributed by atoms with Gasteiger partial charge in [0, 0.05) is 5.70 Å². The Morgan fingerprint density at radius 2 is 2.32 bits per heavy atom. The van der Waals surface area contributed by atoms with Crippen molar-refractivity contribution in [2.45, 2.75) is 6.42 Å². The molecule has 0 fully saturated rings. The lowest BCUT2D eigenvalue weighted by Crippen LogP contribution is -2.06. The number of nitrogens with one attached hydrogen (secondary N) is 1. The summed E-state index contributed by atoms with van der Waals surface area (Å²) in [5.74, 6) is -0.403. The van der Waals surface area contributed by atoms with E-state index in [9.17, 15) is 14.9 Å². The number of rotatable bonds is 10. The maximum atomic E-state index is 11.0. The van der Waals surface area contributed by atoms with Crippen LogP contribution < -0.4 is 5.32 Å². The Bertz CT molecular complexity index is 690. The Kier molecular flexibility index (Phi) is 8.83. The summed E-state index contributed by atoms with van der Waals surface area (Å²) >= 11 is 5.68. The summed E-state index contributed by atoms with van der Waals surface area (Å²) in [5.41, 5.74) is 0.159. The third-order valence-corrected chi connectivity index (χ3v) is 2.87. The van der Waals surface area contributed by atoms with E-state index in [-0.39, 0.29) is 42.4 Å². The summed E-state index contributed by atoms with van der Waals surface area (Å²) in [5, 5.41) is 13.7. The molecule has 1 aromatic heterocycles. The van der Waals surface area contributed by atoms with Crippen molar-refractivity contribution in [1.82, 2.24) is 9.97 Å². The number of allylic oxidation sites excluding steroid dienone is 3. The summed E-state index contributed by atoms with van der Waals surface area (Å²) in [6, 6.07) is 0. The van der Waals surface area contributed by atoms with Crippen LogP contribution >= 0.6 is 11.6 Å². The van der Waals surface area contributed by atoms with Crippen LogP contribution in [0.5, 0.6) is 0 Å². The largest absolute Gasteiger partial charge is 0.469 e. The Balaban J connectivity index is 2.70. The monoisotopic (exact) mass is 368 g/mol. The number of methoxy groups -OCH3 is 1. The molecule has 1 heterocycles. The molecule has 9 nitrogen and oxygen atoms in total. The average Bonchev–Trinajstić information content (AvgIpc) is 2.57. The fraction of sp³-hybridized carbons (Fsp3) is 0.267. The van der Waals surface area contributed by atoms with Crippen molar-refractivity contribution in [3.8, 4) is 0 Å². The number of carbonyl (C=O) groups excluding carboxylic acids is 1. The summed E-state index contributed by atoms with van der Waals surface area (Å²) in [6.07, 6.45) is 7.55. The van der Waals surface area contributed by atoms with Crippen molar-refractivity contribution in [1.29, 1.82) is 0 Å². The quantitative estimate of drug-likeness (QED) is 0.167. The third-order valence-electron chi connectivity index (χ3n) is 2.69. The second-order valence-corrected chi connectivity index (χ2v) is 4.75. The molecule has 0 saturated heterocycles. The fourth-order valence-electron chi connectivity index (χ4n) is 1.57. The van der Waals surface area contributed by atoms with Gasteiger partial charge < -0.3 is 14.8 Å². The van der Waals surface area contributed by atoms with Gasteiger partial charge in [0.2, 0.25) is 11.1 Å². The molecule has 134 valence electrons. The van der Waals surface area contributed by atoms with E-state index in [0.29, 0.717) is 5.70 Å². The van der Waals surface area contributed by atoms with Crippen molar-refractivity contribution >= 4 is 29.1 Å². The van der Waals surface area contributed by atoms with Crippen LogP contribution in [-0.2, 0) is 14.3 Å². The first-order chi connectivity index (χ1) is 12.0. The number of aromatic nitrogens is 2. The summed E-state index contributed by atoms with van der Waals surface area (Å²) < 4.78 is 9.73. The van der Waals surface area contributed by atoms with Crippen LogP contribution in [0.3, 0.4) is 0 Å². The number of anilines is 1. The lowest BCUT2D eigenvalue weighted by atomic mass is 10.3. The molecule has 1 aromatic rings. The number of nitro groups is 1. The van der Waals surface area contributed by atoms with Gasteiger partial charge in [-0.2, -0.15) is 4.98 Å². The fourth-order valence-corrected chi connectivity index (χ4v) is 1.70. The van der Waals surface area contributed by atoms with E-state index in [4.69, 9.17) is 16.3 Å². The van der Waals surface area contributed by atoms with Crippen LogP contribution in [0.1, 0.15) is 6.42 Å². The molecule has 1 rings (SSSR count). The van der Waals surface area contributed by atoms with Gasteiger partial charge in [-0.15, -0.1) is 0 Å². The molecule has 0 amide bonds. The zero-order valence-corrected chi connectivity index (χ0v) is 14.2. The minimum absolute atomic E-state index is 0.0469. The van der Waals surface area contributed by atoms with Gasteiger partial charge in [0.05, 0.1) is 31.7 Å². The second kappa shape index (κ2) is 10.9. The van der Waals surface area contributed by atoms with Gasteiger partial charge >= 0.3 is 11.7 Å². The van der Waals surface area contributed by atoms with Gasteiger partial charge in [-0.3, -0.25) is 14.9 Å². The first-order valence-corrected chi connectivity index (χ1v) is 7.43. The Hall–Kier alpha value is -2.78. The van der Waals surface area contributed by atoms with E-state index in [1.807, 2.05) is 0 Å². The molecule has 10 heteroatoms. The molecule has 0 aliphatic heterocycles. The minimum Gasteiger partial charge on any atom is -0.469 e. The second-order valence-electron chi connectivity index (χ2n) is 4.42. The zero-order chi connectivity index (χ0) is 18.7. The number of halogens is 1. The van der Waals surface area contributed by atoms with E-state index in [1.54, 1.807) is 18.2 Å². The summed E-state index contributed by atoms with van der Waals surface area (Å²) in [6.45, 7) is 4.03. The van der Waals surface area contributed by atoms with Crippen LogP contribution in [0.25, 0.3) is 0 Å². The Morgan fingerprint density at radius 3 is 2.96 bits per heavy atom. The SMILES string of the molecule is C=C/C=C(\C=C/COCCC(=O)OC)Nc1nc(Cl)ncc1[N+](=O)[O-]. The highest BCUT2D eigenvalue weighted by molar-refractivity contribution is 6.28. The number of esters is 1. The number of hydrogen-bond acceptors (Lipinski definition) is 8. The topological polar surface area (TPSA) is 116 Å². The van der Waals surface area contributed by atoms with Crippen LogP contribution in [0, 0.1) is 10.1 Å². The van der Waals surface area contributed by atoms with E-state index < -0.39 is 4.92 Å². The highest BCUT2D eigenvalue weighted by atomic mass is 35.5. The van der Waals surface area contributed by atoms with E-state index in [1.165, 1.54) is 13.2 Å². The standard InChI is InChI=1S/C15H17ClN4O5/c1-3-5-11(6-4-8-25-9-7-13(21)24-2)18-14-12(20(22)23)10-17-15(16)19-14/h3-6,10H,1,7-9H2,2H3,(H,17,18,19)/b6-4-,11-5+. The molecular weight excluding hydrogens is 352 g/mol. The maximum absolute atomic E-state index is 11.0. The van der Waals surface area contributed by atoms with Gasteiger partial charge in [0.25, 0.3) is 0 Å². The number of hydrogen-bond donors (Lipinski definition) is 1. The molecule has 0 unspecified atom stereocenters. The summed E-state index contributed by atoms with van der Waals surface area (Å²) in [7, 11) is 1.30. The molecule has 0 radical (unpaired) electrons. The molecule has 0 aromatic carbocycles. The van der Waals surface area contributed by atoms with Crippen molar-refractivity contribution in [2.24, 2.45) is 0 Å². The average molecular weight is 369 g/mol. The zero-order valence-electron chi connectivity index (χ0n) is 13.5. The molecule has 0 bridgehead atoms. The van der Waals surface area contributed by atoms with Gasteiger partial charge in [0.1, 0.15) is 6.20 Å². The molecule has 1 N–H and O–H groups in total. The number of ether oxygens (including phenoxy) is 2. The smallest absolute Gasteiger partial charge is 0.329 e. The van der Waals surface area contributed by atoms with Crippen molar-refractivity contribution in [3.63, 3.8) is 0 Å². The van der Waals surface area contributed by atoms with Crippen molar-refractivity contribution in [2.75, 3.05) is 25.6 Å². The van der Waals surface area contributed by atoms with E-state index in [2.05, 4.69) is 26.6 Å². The minimum atomic E-state index is -0.621. The van der Waals surface area contributed by atoms with Crippen LogP contribution in [-0.4, -0.2) is 41.2 Å². The Labute approximate surface area is 149 Å². The van der Waals surface area contributed by atoms with Gasteiger partial charge in [-0.1, -0.05) is 18.7 Å². The lowest BCUT2D eigenvalue weighted by Gasteiger charge is -2.07. The highest BCUT2D eigenvalue weighted by Gasteiger charge is 2.17. The Morgan fingerprint density at radius 1 is 1.56 bits per heavy atom. The molecule has 25 heavy (non-hydrogen) atoms. The number of carbonyl (C=O) groups is 1. The van der Waals surface area contributed by atoms with E-state index in [0.717, 1.165) is 6.20 Å². The van der Waals surface area contributed by atoms with Crippen LogP contribution in [0.15, 0.2) is 42.8 Å². The normalized spacial score (nSPS) is 11.4. The van der Waals surface area contributed by atoms with Crippen molar-refractivity contribution < 1.29 is 19.2 Å². The molecule has 0 atom stereocenters. The molecule has 0 saturated carbocycles. The highest BCUT2D eigenvalue weighted by Crippen LogP contribution is 2.23. The molecule has 0 aliphatic carbocycles. The molecule has 0 spiro atoms. The predicted molar refractivity (Wildman–Crippen MR) is 92.2 cm³/mol. The van der Waals surface area contributed by atoms with Crippen LogP contribution in [0.2, 0.25) is 5.28 Å². The van der Waals surface area contributed by atoms with Crippen molar-refractivity contribution in [3.05, 3.63) is 58.2 Å². The molecule has 0 aliphatic rings. The lowest BCUT2D eigenvalue weighted by molar-refractivity contribution is -0.384. The third kappa shape index (κ3) is 7.55. The molecular formula is C15H17ClN4O5. The first kappa shape index (κ1) is 20.3. The maximum Gasteiger partial charge on any atom is 0.329 e. The first-order valence-electron chi connectivity index (χ1n) is 7.05. The van der Waals surface area contributed by atoms with Gasteiger partial charge in [-0.05, 0) is 23.8 Å². The van der Waals surface area contributed by atoms with Gasteiger partial charge in [0.15, 0.2) is 0 Å².